The lowest BCUT2D eigenvalue weighted by atomic mass is 10.0. The van der Waals surface area contributed by atoms with Crippen molar-refractivity contribution in [2.75, 3.05) is 0 Å². The van der Waals surface area contributed by atoms with Crippen molar-refractivity contribution in [3.8, 4) is 0 Å². The Morgan fingerprint density at radius 3 is 2.58 bits per heavy atom. The van der Waals surface area contributed by atoms with Crippen molar-refractivity contribution >= 4 is 27.7 Å². The summed E-state index contributed by atoms with van der Waals surface area (Å²) >= 11 is 3.38. The minimum atomic E-state index is -0.502. The Hall–Kier alpha value is -1.56. The Morgan fingerprint density at radius 1 is 1.47 bits per heavy atom. The van der Waals surface area contributed by atoms with Crippen LogP contribution in [0.15, 0.2) is 27.8 Å². The van der Waals surface area contributed by atoms with Crippen molar-refractivity contribution in [2.45, 2.75) is 26.8 Å². The maximum Gasteiger partial charge on any atom is 0.251 e. The molecule has 0 aliphatic rings. The van der Waals surface area contributed by atoms with E-state index in [1.165, 1.54) is 0 Å². The van der Waals surface area contributed by atoms with E-state index in [2.05, 4.69) is 26.4 Å². The van der Waals surface area contributed by atoms with Gasteiger partial charge in [-0.1, -0.05) is 41.0 Å². The van der Waals surface area contributed by atoms with Gasteiger partial charge >= 0.3 is 0 Å². The van der Waals surface area contributed by atoms with Gasteiger partial charge in [0, 0.05) is 10.0 Å². The number of nitrogens with one attached hydrogen (secondary N) is 1. The van der Waals surface area contributed by atoms with Crippen molar-refractivity contribution in [1.29, 1.82) is 0 Å². The van der Waals surface area contributed by atoms with Gasteiger partial charge in [-0.15, -0.1) is 0 Å². The summed E-state index contributed by atoms with van der Waals surface area (Å²) in [6.45, 7) is 5.71. The molecule has 0 bridgehead atoms. The van der Waals surface area contributed by atoms with Gasteiger partial charge in [0.2, 0.25) is 0 Å². The maximum atomic E-state index is 12.1. The van der Waals surface area contributed by atoms with Crippen LogP contribution in [0, 0.1) is 12.8 Å². The summed E-state index contributed by atoms with van der Waals surface area (Å²) in [6, 6.07) is 4.83. The Morgan fingerprint density at radius 2 is 2.11 bits per heavy atom. The molecule has 0 spiro atoms. The predicted octanol–water partition coefficient (Wildman–Crippen LogP) is 2.26. The largest absolute Gasteiger partial charge is 0.409 e. The van der Waals surface area contributed by atoms with Crippen LogP contribution in [0.3, 0.4) is 0 Å². The van der Waals surface area contributed by atoms with E-state index in [9.17, 15) is 4.79 Å². The van der Waals surface area contributed by atoms with Gasteiger partial charge in [0.1, 0.15) is 0 Å². The molecule has 104 valence electrons. The third kappa shape index (κ3) is 3.96. The second kappa shape index (κ2) is 6.56. The van der Waals surface area contributed by atoms with Crippen LogP contribution in [0.2, 0.25) is 0 Å². The molecule has 0 aliphatic carbocycles. The van der Waals surface area contributed by atoms with Crippen molar-refractivity contribution in [3.63, 3.8) is 0 Å². The van der Waals surface area contributed by atoms with Crippen molar-refractivity contribution in [3.05, 3.63) is 33.8 Å². The monoisotopic (exact) mass is 327 g/mol. The molecule has 0 radical (unpaired) electrons. The first-order valence-corrected chi connectivity index (χ1v) is 6.70. The molecule has 0 heterocycles. The summed E-state index contributed by atoms with van der Waals surface area (Å²) in [5, 5.41) is 14.4. The topological polar surface area (TPSA) is 87.7 Å². The Labute approximate surface area is 121 Å². The number of carbonyl (C=O) groups is 1. The van der Waals surface area contributed by atoms with Crippen LogP contribution >= 0.6 is 15.9 Å². The molecule has 5 nitrogen and oxygen atoms in total. The van der Waals surface area contributed by atoms with E-state index in [4.69, 9.17) is 10.9 Å². The van der Waals surface area contributed by atoms with Gasteiger partial charge in [0.15, 0.2) is 5.84 Å². The summed E-state index contributed by atoms with van der Waals surface area (Å²) in [6.07, 6.45) is 0. The molecule has 4 N–H and O–H groups in total. The van der Waals surface area contributed by atoms with Crippen molar-refractivity contribution < 1.29 is 10.0 Å². The van der Waals surface area contributed by atoms with Gasteiger partial charge in [-0.25, -0.2) is 0 Å². The molecule has 1 amide bonds. The summed E-state index contributed by atoms with van der Waals surface area (Å²) in [7, 11) is 0. The van der Waals surface area contributed by atoms with Crippen LogP contribution in [0.4, 0.5) is 0 Å². The summed E-state index contributed by atoms with van der Waals surface area (Å²) in [5.74, 6) is -0.241. The summed E-state index contributed by atoms with van der Waals surface area (Å²) < 4.78 is 0.866. The lowest BCUT2D eigenvalue weighted by Gasteiger charge is -2.21. The molecule has 0 aliphatic heterocycles. The minimum absolute atomic E-state index is 0.00507. The quantitative estimate of drug-likeness (QED) is 0.343. The molecule has 1 rings (SSSR count). The molecule has 19 heavy (non-hydrogen) atoms. The average molecular weight is 328 g/mol. The van der Waals surface area contributed by atoms with Gasteiger partial charge in [-0.3, -0.25) is 4.79 Å². The molecule has 1 aromatic carbocycles. The number of nitrogens with zero attached hydrogens (tertiary/aromatic N) is 1. The molecule has 0 aromatic heterocycles. The molecular formula is C13H18BrN3O2. The van der Waals surface area contributed by atoms with E-state index in [-0.39, 0.29) is 17.7 Å². The van der Waals surface area contributed by atoms with Gasteiger partial charge < -0.3 is 16.3 Å². The number of nitrogens with two attached hydrogens (primary N) is 1. The standard InChI is InChI=1S/C13H18BrN3O2/c1-7(2)11(12(15)17-19)16-13(18)9-5-4-8(3)10(14)6-9/h4-7,11,19H,1-3H3,(H2,15,17)(H,16,18). The fourth-order valence-corrected chi connectivity index (χ4v) is 1.98. The minimum Gasteiger partial charge on any atom is -0.409 e. The highest BCUT2D eigenvalue weighted by Gasteiger charge is 2.21. The zero-order valence-electron chi connectivity index (χ0n) is 11.1. The van der Waals surface area contributed by atoms with Crippen LogP contribution in [0.1, 0.15) is 29.8 Å². The third-order valence-electron chi connectivity index (χ3n) is 2.82. The van der Waals surface area contributed by atoms with Gasteiger partial charge in [0.25, 0.3) is 5.91 Å². The zero-order chi connectivity index (χ0) is 14.6. The van der Waals surface area contributed by atoms with E-state index in [0.717, 1.165) is 10.0 Å². The molecule has 6 heteroatoms. The van der Waals surface area contributed by atoms with E-state index in [0.29, 0.717) is 5.56 Å². The second-order valence-corrected chi connectivity index (χ2v) is 5.54. The predicted molar refractivity (Wildman–Crippen MR) is 78.4 cm³/mol. The highest BCUT2D eigenvalue weighted by Crippen LogP contribution is 2.17. The number of hydrogen-bond acceptors (Lipinski definition) is 3. The number of hydrogen-bond donors (Lipinski definition) is 3. The van der Waals surface area contributed by atoms with Crippen molar-refractivity contribution in [1.82, 2.24) is 5.32 Å². The van der Waals surface area contributed by atoms with Crippen molar-refractivity contribution in [2.24, 2.45) is 16.8 Å². The van der Waals surface area contributed by atoms with Crippen LogP contribution in [-0.4, -0.2) is 23.0 Å². The Balaban J connectivity index is 2.91. The van der Waals surface area contributed by atoms with E-state index in [1.54, 1.807) is 12.1 Å². The molecule has 1 aromatic rings. The Kier molecular flexibility index (Phi) is 5.35. The fourth-order valence-electron chi connectivity index (χ4n) is 1.60. The number of carbonyl (C=O) groups excluding carboxylic acids is 1. The average Bonchev–Trinajstić information content (AvgIpc) is 2.37. The molecule has 0 saturated carbocycles. The highest BCUT2D eigenvalue weighted by molar-refractivity contribution is 9.10. The lowest BCUT2D eigenvalue weighted by Crippen LogP contribution is -2.47. The molecule has 0 fully saturated rings. The van der Waals surface area contributed by atoms with E-state index >= 15 is 0 Å². The van der Waals surface area contributed by atoms with Gasteiger partial charge in [-0.2, -0.15) is 0 Å². The first-order valence-electron chi connectivity index (χ1n) is 5.91. The highest BCUT2D eigenvalue weighted by atomic mass is 79.9. The molecular weight excluding hydrogens is 310 g/mol. The number of amides is 1. The molecule has 1 unspecified atom stereocenters. The lowest BCUT2D eigenvalue weighted by molar-refractivity contribution is 0.0938. The maximum absolute atomic E-state index is 12.1. The number of oxime groups is 1. The van der Waals surface area contributed by atoms with Crippen LogP contribution in [-0.2, 0) is 0 Å². The molecule has 1 atom stereocenters. The second-order valence-electron chi connectivity index (χ2n) is 4.68. The smallest absolute Gasteiger partial charge is 0.251 e. The first kappa shape index (κ1) is 15.5. The van der Waals surface area contributed by atoms with Crippen LogP contribution in [0.5, 0.6) is 0 Å². The number of halogens is 1. The third-order valence-corrected chi connectivity index (χ3v) is 3.68. The first-order chi connectivity index (χ1) is 8.86. The number of amidine groups is 1. The van der Waals surface area contributed by atoms with E-state index < -0.39 is 6.04 Å². The summed E-state index contributed by atoms with van der Waals surface area (Å²) in [5.41, 5.74) is 7.15. The SMILES string of the molecule is Cc1ccc(C(=O)NC(/C(N)=N/O)C(C)C)cc1Br. The fraction of sp³-hybridized carbons (Fsp3) is 0.385. The number of benzene rings is 1. The van der Waals surface area contributed by atoms with E-state index in [1.807, 2.05) is 26.8 Å². The number of rotatable bonds is 4. The normalized spacial score (nSPS) is 13.4. The number of aryl methyl sites for hydroxylation is 1. The van der Waals surface area contributed by atoms with Gasteiger partial charge in [0.05, 0.1) is 6.04 Å². The van der Waals surface area contributed by atoms with Gasteiger partial charge in [-0.05, 0) is 30.5 Å². The van der Waals surface area contributed by atoms with Crippen LogP contribution < -0.4 is 11.1 Å². The zero-order valence-corrected chi connectivity index (χ0v) is 12.7. The molecule has 0 saturated heterocycles. The summed E-state index contributed by atoms with van der Waals surface area (Å²) in [4.78, 5) is 12.1. The van der Waals surface area contributed by atoms with Crippen LogP contribution in [0.25, 0.3) is 0 Å². The Bertz CT molecular complexity index is 501.